The van der Waals surface area contributed by atoms with Gasteiger partial charge in [0, 0.05) is 13.1 Å². The second kappa shape index (κ2) is 9.90. The molecule has 0 aliphatic carbocycles. The van der Waals surface area contributed by atoms with E-state index < -0.39 is 0 Å². The third-order valence-electron chi connectivity index (χ3n) is 3.59. The number of hydrogen-bond donors (Lipinski definition) is 0. The van der Waals surface area contributed by atoms with Crippen LogP contribution >= 0.6 is 0 Å². The molecule has 0 spiro atoms. The molecule has 0 aliphatic heterocycles. The van der Waals surface area contributed by atoms with Crippen LogP contribution in [0.3, 0.4) is 0 Å². The van der Waals surface area contributed by atoms with Gasteiger partial charge in [-0.2, -0.15) is 0 Å². The highest BCUT2D eigenvalue weighted by Crippen LogP contribution is 2.09. The summed E-state index contributed by atoms with van der Waals surface area (Å²) in [5.74, 6) is 0. The van der Waals surface area contributed by atoms with Gasteiger partial charge >= 0.3 is 0 Å². The molecule has 0 amide bonds. The lowest BCUT2D eigenvalue weighted by Crippen LogP contribution is -2.48. The fraction of sp³-hybridized carbons (Fsp3) is 1.00. The number of quaternary nitrogens is 1. The molecule has 0 rings (SSSR count). The van der Waals surface area contributed by atoms with Crippen molar-refractivity contribution in [3.63, 3.8) is 0 Å². The zero-order valence-corrected chi connectivity index (χ0v) is 13.0. The van der Waals surface area contributed by atoms with Crippen molar-refractivity contribution >= 4 is 0 Å². The molecule has 2 heteroatoms. The van der Waals surface area contributed by atoms with Crippen molar-refractivity contribution in [1.82, 2.24) is 4.90 Å². The van der Waals surface area contributed by atoms with E-state index in [2.05, 4.69) is 39.8 Å². The highest BCUT2D eigenvalue weighted by Gasteiger charge is 2.17. The predicted molar refractivity (Wildman–Crippen MR) is 78.1 cm³/mol. The Bertz CT molecular complexity index is 162. The van der Waals surface area contributed by atoms with E-state index in [1.54, 1.807) is 0 Å². The first-order valence-electron chi connectivity index (χ1n) is 7.60. The van der Waals surface area contributed by atoms with Crippen LogP contribution in [-0.2, 0) is 0 Å². The molecule has 0 aromatic heterocycles. The molecule has 0 unspecified atom stereocenters. The van der Waals surface area contributed by atoms with Crippen LogP contribution in [-0.4, -0.2) is 49.8 Å². The average Bonchev–Trinajstić information content (AvgIpc) is 2.30. The monoisotopic (exact) mass is 243 g/mol. The maximum atomic E-state index is 2.52. The predicted octanol–water partition coefficient (Wildman–Crippen LogP) is 3.72. The number of nitrogens with zero attached hydrogens (tertiary/aromatic N) is 2. The second-order valence-corrected chi connectivity index (χ2v) is 5.87. The third-order valence-corrected chi connectivity index (χ3v) is 3.59. The zero-order valence-electron chi connectivity index (χ0n) is 13.0. The van der Waals surface area contributed by atoms with Crippen molar-refractivity contribution < 1.29 is 4.48 Å². The molecule has 0 atom stereocenters. The van der Waals surface area contributed by atoms with Gasteiger partial charge in [0.25, 0.3) is 0 Å². The van der Waals surface area contributed by atoms with Gasteiger partial charge in [-0.3, -0.25) is 4.90 Å². The van der Waals surface area contributed by atoms with Gasteiger partial charge in [0.1, 0.15) is 6.67 Å². The molecular formula is C15H35N2+. The molecule has 2 nitrogen and oxygen atoms in total. The molecule has 0 heterocycles. The second-order valence-electron chi connectivity index (χ2n) is 5.87. The summed E-state index contributed by atoms with van der Waals surface area (Å²) < 4.78 is 1.15. The molecule has 0 radical (unpaired) electrons. The van der Waals surface area contributed by atoms with Gasteiger partial charge in [-0.15, -0.1) is 0 Å². The summed E-state index contributed by atoms with van der Waals surface area (Å²) in [6.07, 6.45) is 8.43. The van der Waals surface area contributed by atoms with E-state index in [1.165, 1.54) is 64.8 Å². The Morgan fingerprint density at radius 1 is 0.765 bits per heavy atom. The fourth-order valence-electron chi connectivity index (χ4n) is 2.36. The highest BCUT2D eigenvalue weighted by atomic mass is 15.4. The van der Waals surface area contributed by atoms with Gasteiger partial charge in [0.2, 0.25) is 0 Å². The van der Waals surface area contributed by atoms with Crippen molar-refractivity contribution in [2.75, 3.05) is 40.4 Å². The first-order chi connectivity index (χ1) is 8.05. The van der Waals surface area contributed by atoms with Gasteiger partial charge in [-0.1, -0.05) is 46.5 Å². The molecule has 0 N–H and O–H groups in total. The van der Waals surface area contributed by atoms with Crippen molar-refractivity contribution in [1.29, 1.82) is 0 Å². The first-order valence-corrected chi connectivity index (χ1v) is 7.60. The van der Waals surface area contributed by atoms with E-state index in [9.17, 15) is 0 Å². The summed E-state index contributed by atoms with van der Waals surface area (Å²) in [7, 11) is 4.73. The summed E-state index contributed by atoms with van der Waals surface area (Å²) >= 11 is 0. The Hall–Kier alpha value is -0.0800. The lowest BCUT2D eigenvalue weighted by Gasteiger charge is -2.34. The number of unbranched alkanes of at least 4 members (excludes halogenated alkanes) is 5. The summed E-state index contributed by atoms with van der Waals surface area (Å²) in [5.41, 5.74) is 0. The normalized spacial score (nSPS) is 12.4. The van der Waals surface area contributed by atoms with Crippen LogP contribution in [0.2, 0.25) is 0 Å². The van der Waals surface area contributed by atoms with Crippen LogP contribution < -0.4 is 0 Å². The largest absolute Gasteiger partial charge is 0.316 e. The Balaban J connectivity index is 3.62. The molecule has 0 saturated carbocycles. The van der Waals surface area contributed by atoms with Gasteiger partial charge in [-0.25, -0.2) is 0 Å². The van der Waals surface area contributed by atoms with E-state index in [1.807, 2.05) is 0 Å². The molecule has 0 fully saturated rings. The Morgan fingerprint density at radius 2 is 1.29 bits per heavy atom. The van der Waals surface area contributed by atoms with E-state index in [4.69, 9.17) is 0 Å². The van der Waals surface area contributed by atoms with Crippen LogP contribution in [0.4, 0.5) is 0 Å². The van der Waals surface area contributed by atoms with Crippen LogP contribution in [0.25, 0.3) is 0 Å². The average molecular weight is 243 g/mol. The van der Waals surface area contributed by atoms with E-state index >= 15 is 0 Å². The SMILES string of the molecule is CCCCCCCC[N+](C)(C)CN(CC)CC. The Kier molecular flexibility index (Phi) is 9.85. The Morgan fingerprint density at radius 3 is 1.82 bits per heavy atom. The molecule has 0 aromatic rings. The van der Waals surface area contributed by atoms with Gasteiger partial charge < -0.3 is 4.48 Å². The van der Waals surface area contributed by atoms with Crippen LogP contribution in [0, 0.1) is 0 Å². The van der Waals surface area contributed by atoms with E-state index in [-0.39, 0.29) is 0 Å². The molecule has 0 aliphatic rings. The number of rotatable bonds is 11. The molecule has 0 aromatic carbocycles. The third kappa shape index (κ3) is 9.61. The minimum atomic E-state index is 1.15. The maximum Gasteiger partial charge on any atom is 0.134 e. The van der Waals surface area contributed by atoms with Crippen LogP contribution in [0.15, 0.2) is 0 Å². The molecule has 104 valence electrons. The molecule has 17 heavy (non-hydrogen) atoms. The van der Waals surface area contributed by atoms with Gasteiger partial charge in [0.15, 0.2) is 0 Å². The van der Waals surface area contributed by atoms with Crippen molar-refractivity contribution in [2.45, 2.75) is 59.3 Å². The Labute approximate surface area is 110 Å². The van der Waals surface area contributed by atoms with Gasteiger partial charge in [-0.05, 0) is 12.8 Å². The van der Waals surface area contributed by atoms with E-state index in [0.717, 1.165) is 4.48 Å². The minimum absolute atomic E-state index is 1.15. The van der Waals surface area contributed by atoms with Crippen molar-refractivity contribution in [2.24, 2.45) is 0 Å². The fourth-order valence-corrected chi connectivity index (χ4v) is 2.36. The summed E-state index contributed by atoms with van der Waals surface area (Å²) in [5, 5.41) is 0. The van der Waals surface area contributed by atoms with Crippen molar-refractivity contribution in [3.8, 4) is 0 Å². The minimum Gasteiger partial charge on any atom is -0.316 e. The standard InChI is InChI=1S/C15H35N2/c1-6-9-10-11-12-13-14-17(4,5)15-16(7-2)8-3/h6-15H2,1-5H3/q+1. The zero-order chi connectivity index (χ0) is 13.1. The summed E-state index contributed by atoms with van der Waals surface area (Å²) in [6.45, 7) is 11.7. The molecule has 0 bridgehead atoms. The smallest absolute Gasteiger partial charge is 0.134 e. The topological polar surface area (TPSA) is 3.24 Å². The maximum absolute atomic E-state index is 2.52. The molecule has 0 saturated heterocycles. The first kappa shape index (κ1) is 16.9. The van der Waals surface area contributed by atoms with Crippen LogP contribution in [0.1, 0.15) is 59.3 Å². The quantitative estimate of drug-likeness (QED) is 0.304. The summed E-state index contributed by atoms with van der Waals surface area (Å²) in [6, 6.07) is 0. The molecular weight excluding hydrogens is 208 g/mol. The lowest BCUT2D eigenvalue weighted by atomic mass is 10.1. The number of hydrogen-bond acceptors (Lipinski definition) is 1. The lowest BCUT2D eigenvalue weighted by molar-refractivity contribution is -0.900. The van der Waals surface area contributed by atoms with Crippen molar-refractivity contribution in [3.05, 3.63) is 0 Å². The van der Waals surface area contributed by atoms with E-state index in [0.29, 0.717) is 0 Å². The van der Waals surface area contributed by atoms with Gasteiger partial charge in [0.05, 0.1) is 20.6 Å². The highest BCUT2D eigenvalue weighted by molar-refractivity contribution is 4.47. The summed E-state index contributed by atoms with van der Waals surface area (Å²) in [4.78, 5) is 2.52. The van der Waals surface area contributed by atoms with Crippen LogP contribution in [0.5, 0.6) is 0 Å².